The van der Waals surface area contributed by atoms with Crippen molar-refractivity contribution >= 4 is 29.5 Å². The first-order valence-corrected chi connectivity index (χ1v) is 9.22. The van der Waals surface area contributed by atoms with Gasteiger partial charge in [0.2, 0.25) is 5.95 Å². The van der Waals surface area contributed by atoms with Crippen LogP contribution < -0.4 is 15.1 Å². The van der Waals surface area contributed by atoms with Crippen molar-refractivity contribution in [1.82, 2.24) is 15.3 Å². The number of hydrogen-bond donors (Lipinski definition) is 1. The molecule has 0 radical (unpaired) electrons. The summed E-state index contributed by atoms with van der Waals surface area (Å²) in [6.45, 7) is 9.01. The lowest BCUT2D eigenvalue weighted by molar-refractivity contribution is 0.0509. The number of rotatable bonds is 3. The molecular formula is C17H26ClN5O2. The summed E-state index contributed by atoms with van der Waals surface area (Å²) in [5, 5.41) is 3.37. The van der Waals surface area contributed by atoms with Crippen LogP contribution in [0.2, 0.25) is 5.15 Å². The smallest absolute Gasteiger partial charge is 0.407 e. The molecule has 8 heteroatoms. The average Bonchev–Trinajstić information content (AvgIpc) is 3.15. The summed E-state index contributed by atoms with van der Waals surface area (Å²) < 4.78 is 5.32. The van der Waals surface area contributed by atoms with Gasteiger partial charge in [-0.2, -0.15) is 4.98 Å². The molecular weight excluding hydrogens is 342 g/mol. The molecule has 1 N–H and O–H groups in total. The minimum Gasteiger partial charge on any atom is -0.444 e. The molecule has 0 aromatic carbocycles. The lowest BCUT2D eigenvalue weighted by Crippen LogP contribution is -2.40. The van der Waals surface area contributed by atoms with Crippen LogP contribution in [0.1, 0.15) is 40.0 Å². The van der Waals surface area contributed by atoms with Gasteiger partial charge in [0.1, 0.15) is 16.6 Å². The molecule has 25 heavy (non-hydrogen) atoms. The number of amides is 1. The fourth-order valence-corrected chi connectivity index (χ4v) is 3.35. The van der Waals surface area contributed by atoms with E-state index in [1.165, 1.54) is 12.8 Å². The summed E-state index contributed by atoms with van der Waals surface area (Å²) in [4.78, 5) is 25.3. The minimum atomic E-state index is -0.497. The zero-order valence-corrected chi connectivity index (χ0v) is 15.8. The maximum Gasteiger partial charge on any atom is 0.407 e. The molecule has 1 unspecified atom stereocenters. The van der Waals surface area contributed by atoms with Gasteiger partial charge in [0.15, 0.2) is 0 Å². The minimum absolute atomic E-state index is 0.0210. The van der Waals surface area contributed by atoms with Crippen molar-refractivity contribution in [3.05, 3.63) is 11.2 Å². The maximum absolute atomic E-state index is 11.9. The van der Waals surface area contributed by atoms with Crippen molar-refractivity contribution in [3.63, 3.8) is 0 Å². The Bertz CT molecular complexity index is 628. The molecule has 1 atom stereocenters. The fraction of sp³-hybridized carbons (Fsp3) is 0.706. The number of alkyl carbamates (subject to hydrolysis) is 1. The highest BCUT2D eigenvalue weighted by molar-refractivity contribution is 6.29. The van der Waals surface area contributed by atoms with E-state index in [9.17, 15) is 4.79 Å². The zero-order chi connectivity index (χ0) is 18.0. The largest absolute Gasteiger partial charge is 0.444 e. The van der Waals surface area contributed by atoms with Crippen molar-refractivity contribution in [3.8, 4) is 0 Å². The fourth-order valence-electron chi connectivity index (χ4n) is 3.18. The molecule has 3 heterocycles. The van der Waals surface area contributed by atoms with E-state index in [0.29, 0.717) is 17.6 Å². The van der Waals surface area contributed by atoms with Crippen LogP contribution in [-0.4, -0.2) is 53.9 Å². The molecule has 2 fully saturated rings. The molecule has 0 bridgehead atoms. The Kier molecular flexibility index (Phi) is 5.22. The quantitative estimate of drug-likeness (QED) is 0.828. The van der Waals surface area contributed by atoms with Crippen LogP contribution in [0.15, 0.2) is 6.07 Å². The molecule has 1 amide bonds. The predicted molar refractivity (Wildman–Crippen MR) is 98.5 cm³/mol. The van der Waals surface area contributed by atoms with E-state index in [0.717, 1.165) is 31.9 Å². The van der Waals surface area contributed by atoms with E-state index in [2.05, 4.69) is 25.1 Å². The maximum atomic E-state index is 11.9. The van der Waals surface area contributed by atoms with Crippen LogP contribution in [0.25, 0.3) is 0 Å². The normalized spacial score (nSPS) is 20.9. The van der Waals surface area contributed by atoms with Crippen molar-refractivity contribution < 1.29 is 9.53 Å². The number of nitrogens with one attached hydrogen (secondary N) is 1. The molecule has 0 spiro atoms. The average molecular weight is 368 g/mol. The number of halogens is 1. The van der Waals surface area contributed by atoms with Gasteiger partial charge in [-0.05, 0) is 40.0 Å². The first-order valence-electron chi connectivity index (χ1n) is 8.84. The van der Waals surface area contributed by atoms with Crippen molar-refractivity contribution in [1.29, 1.82) is 0 Å². The lowest BCUT2D eigenvalue weighted by atomic mass is 10.2. The van der Waals surface area contributed by atoms with E-state index in [4.69, 9.17) is 16.3 Å². The Labute approximate surface area is 153 Å². The molecule has 2 aliphatic heterocycles. The zero-order valence-electron chi connectivity index (χ0n) is 15.1. The highest BCUT2D eigenvalue weighted by Crippen LogP contribution is 2.25. The van der Waals surface area contributed by atoms with Gasteiger partial charge in [-0.3, -0.25) is 0 Å². The Morgan fingerprint density at radius 3 is 2.64 bits per heavy atom. The Hall–Kier alpha value is -1.76. The molecule has 0 saturated carbocycles. The van der Waals surface area contributed by atoms with Crippen LogP contribution in [0.4, 0.5) is 16.6 Å². The van der Waals surface area contributed by atoms with Crippen LogP contribution in [0, 0.1) is 0 Å². The van der Waals surface area contributed by atoms with Crippen LogP contribution in [0.3, 0.4) is 0 Å². The van der Waals surface area contributed by atoms with E-state index < -0.39 is 5.60 Å². The lowest BCUT2D eigenvalue weighted by Gasteiger charge is -2.23. The summed E-state index contributed by atoms with van der Waals surface area (Å²) in [5.74, 6) is 1.51. The molecule has 2 saturated heterocycles. The molecule has 0 aliphatic carbocycles. The van der Waals surface area contributed by atoms with Crippen LogP contribution in [0.5, 0.6) is 0 Å². The molecule has 1 aromatic heterocycles. The Balaban J connectivity index is 1.62. The van der Waals surface area contributed by atoms with Crippen molar-refractivity contribution in [2.45, 2.75) is 51.7 Å². The monoisotopic (exact) mass is 367 g/mol. The molecule has 3 rings (SSSR count). The number of aromatic nitrogens is 2. The first kappa shape index (κ1) is 18.0. The topological polar surface area (TPSA) is 70.6 Å². The summed E-state index contributed by atoms with van der Waals surface area (Å²) in [6.07, 6.45) is 2.81. The molecule has 1 aromatic rings. The number of nitrogens with zero attached hydrogens (tertiary/aromatic N) is 4. The van der Waals surface area contributed by atoms with E-state index in [-0.39, 0.29) is 12.1 Å². The third-order valence-corrected chi connectivity index (χ3v) is 4.49. The van der Waals surface area contributed by atoms with Gasteiger partial charge in [0.25, 0.3) is 0 Å². The summed E-state index contributed by atoms with van der Waals surface area (Å²) in [5.41, 5.74) is -0.497. The summed E-state index contributed by atoms with van der Waals surface area (Å²) in [7, 11) is 0. The number of carbonyl (C=O) groups excluding carboxylic acids is 1. The van der Waals surface area contributed by atoms with Gasteiger partial charge in [-0.15, -0.1) is 0 Å². The van der Waals surface area contributed by atoms with Gasteiger partial charge in [0.05, 0.1) is 6.04 Å². The van der Waals surface area contributed by atoms with Gasteiger partial charge in [-0.25, -0.2) is 9.78 Å². The van der Waals surface area contributed by atoms with Crippen LogP contribution in [-0.2, 0) is 4.74 Å². The third-order valence-electron chi connectivity index (χ3n) is 4.29. The number of anilines is 2. The van der Waals surface area contributed by atoms with E-state index >= 15 is 0 Å². The molecule has 2 aliphatic rings. The van der Waals surface area contributed by atoms with Crippen molar-refractivity contribution in [2.24, 2.45) is 0 Å². The summed E-state index contributed by atoms with van der Waals surface area (Å²) in [6, 6.07) is 1.84. The number of ether oxygens (including phenoxy) is 1. The second-order valence-corrected chi connectivity index (χ2v) is 8.01. The highest BCUT2D eigenvalue weighted by atomic mass is 35.5. The second kappa shape index (κ2) is 7.23. The van der Waals surface area contributed by atoms with Gasteiger partial charge in [-0.1, -0.05) is 11.6 Å². The van der Waals surface area contributed by atoms with E-state index in [1.54, 1.807) is 0 Å². The van der Waals surface area contributed by atoms with Crippen molar-refractivity contribution in [2.75, 3.05) is 36.0 Å². The van der Waals surface area contributed by atoms with E-state index in [1.807, 2.05) is 26.8 Å². The standard InChI is InChI=1S/C17H26ClN5O2/c1-17(2,3)25-16(24)19-12-6-9-23(11-12)15-20-13(18)10-14(21-15)22-7-4-5-8-22/h10,12H,4-9,11H2,1-3H3,(H,19,24). The predicted octanol–water partition coefficient (Wildman–Crippen LogP) is 2.83. The Morgan fingerprint density at radius 1 is 1.24 bits per heavy atom. The Morgan fingerprint density at radius 2 is 1.96 bits per heavy atom. The second-order valence-electron chi connectivity index (χ2n) is 7.62. The number of carbonyl (C=O) groups is 1. The summed E-state index contributed by atoms with van der Waals surface area (Å²) >= 11 is 6.21. The molecule has 138 valence electrons. The van der Waals surface area contributed by atoms with Crippen LogP contribution >= 0.6 is 11.6 Å². The highest BCUT2D eigenvalue weighted by Gasteiger charge is 2.28. The third kappa shape index (κ3) is 4.87. The van der Waals surface area contributed by atoms with Gasteiger partial charge in [0, 0.05) is 32.2 Å². The first-order chi connectivity index (χ1) is 11.8. The number of hydrogen-bond acceptors (Lipinski definition) is 6. The van der Waals surface area contributed by atoms with Gasteiger partial charge < -0.3 is 19.9 Å². The molecule has 7 nitrogen and oxygen atoms in total. The van der Waals surface area contributed by atoms with Gasteiger partial charge >= 0.3 is 6.09 Å². The SMILES string of the molecule is CC(C)(C)OC(=O)NC1CCN(c2nc(Cl)cc(N3CCCC3)n2)C1.